The number of H-pyrrole nitrogens is 1. The highest BCUT2D eigenvalue weighted by Gasteiger charge is 2.07. The minimum atomic E-state index is 0.303. The molecule has 0 amide bonds. The van der Waals surface area contributed by atoms with Crippen LogP contribution in [0.3, 0.4) is 0 Å². The van der Waals surface area contributed by atoms with Gasteiger partial charge in [0.05, 0.1) is 6.54 Å². The van der Waals surface area contributed by atoms with Crippen molar-refractivity contribution in [3.8, 4) is 0 Å². The number of nitrogens with zero attached hydrogens (tertiary/aromatic N) is 4. The lowest BCUT2D eigenvalue weighted by molar-refractivity contribution is 0.386. The van der Waals surface area contributed by atoms with Crippen molar-refractivity contribution in [3.63, 3.8) is 0 Å². The van der Waals surface area contributed by atoms with E-state index in [-0.39, 0.29) is 0 Å². The maximum Gasteiger partial charge on any atom is 0.223 e. The van der Waals surface area contributed by atoms with Gasteiger partial charge < -0.3 is 10.3 Å². The van der Waals surface area contributed by atoms with Crippen molar-refractivity contribution in [2.75, 3.05) is 5.73 Å². The fourth-order valence-corrected chi connectivity index (χ4v) is 1.23. The van der Waals surface area contributed by atoms with Gasteiger partial charge in [0.2, 0.25) is 11.8 Å². The van der Waals surface area contributed by atoms with E-state index in [0.717, 1.165) is 0 Å². The van der Waals surface area contributed by atoms with Gasteiger partial charge in [0.15, 0.2) is 10.6 Å². The number of hydrogen-bond donors (Lipinski definition) is 2. The van der Waals surface area contributed by atoms with Crippen molar-refractivity contribution in [1.82, 2.24) is 24.9 Å². The van der Waals surface area contributed by atoms with E-state index >= 15 is 0 Å². The van der Waals surface area contributed by atoms with Crippen LogP contribution in [0.4, 0.5) is 5.95 Å². The maximum atomic E-state index is 5.56. The van der Waals surface area contributed by atoms with E-state index in [2.05, 4.69) is 20.3 Å². The number of aryl methyl sites for hydroxylation is 1. The smallest absolute Gasteiger partial charge is 0.223 e. The van der Waals surface area contributed by atoms with Gasteiger partial charge in [-0.2, -0.15) is 4.98 Å². The Morgan fingerprint density at radius 3 is 2.93 bits per heavy atom. The third-order valence-electron chi connectivity index (χ3n) is 1.66. The molecule has 0 aliphatic carbocycles. The Bertz CT molecular complexity index is 496. The standard InChI is InChI=1S/C6H8N6OS/c1-3-8-4(11-13-3)2-12-5(7)9-10-6(12)14/h2H2,1H3,(H2,7,9)(H,10,14). The first-order valence-corrected chi connectivity index (χ1v) is 4.27. The molecule has 8 heteroatoms. The van der Waals surface area contributed by atoms with Gasteiger partial charge in [-0.3, -0.25) is 4.57 Å². The van der Waals surface area contributed by atoms with Gasteiger partial charge in [0.25, 0.3) is 0 Å². The third-order valence-corrected chi connectivity index (χ3v) is 1.97. The van der Waals surface area contributed by atoms with E-state index < -0.39 is 0 Å². The van der Waals surface area contributed by atoms with Crippen LogP contribution < -0.4 is 5.73 Å². The van der Waals surface area contributed by atoms with Crippen molar-refractivity contribution in [1.29, 1.82) is 0 Å². The highest BCUT2D eigenvalue weighted by molar-refractivity contribution is 7.71. The molecular formula is C6H8N6OS. The van der Waals surface area contributed by atoms with E-state index in [4.69, 9.17) is 22.5 Å². The zero-order valence-corrected chi connectivity index (χ0v) is 8.21. The molecule has 0 aromatic carbocycles. The molecule has 0 unspecified atom stereocenters. The van der Waals surface area contributed by atoms with Crippen LogP contribution in [-0.2, 0) is 6.54 Å². The summed E-state index contributed by atoms with van der Waals surface area (Å²) in [5.41, 5.74) is 5.56. The topological polar surface area (TPSA) is 98.6 Å². The fraction of sp³-hybridized carbons (Fsp3) is 0.333. The fourth-order valence-electron chi connectivity index (χ4n) is 1.03. The molecule has 7 nitrogen and oxygen atoms in total. The normalized spacial score (nSPS) is 10.6. The molecule has 2 aromatic rings. The first-order chi connectivity index (χ1) is 6.66. The molecule has 0 aliphatic rings. The average Bonchev–Trinajstić information content (AvgIpc) is 2.67. The molecule has 14 heavy (non-hydrogen) atoms. The second-order valence-electron chi connectivity index (χ2n) is 2.70. The second kappa shape index (κ2) is 3.22. The number of nitrogens with two attached hydrogens (primary N) is 1. The van der Waals surface area contributed by atoms with E-state index in [1.807, 2.05) is 0 Å². The molecule has 0 fully saturated rings. The SMILES string of the molecule is Cc1nc(Cn2c(N)n[nH]c2=S)no1. The van der Waals surface area contributed by atoms with Crippen LogP contribution in [0.15, 0.2) is 4.52 Å². The second-order valence-corrected chi connectivity index (χ2v) is 3.09. The minimum absolute atomic E-state index is 0.303. The van der Waals surface area contributed by atoms with Gasteiger partial charge >= 0.3 is 0 Å². The Kier molecular flexibility index (Phi) is 2.04. The molecule has 0 radical (unpaired) electrons. The first kappa shape index (κ1) is 8.88. The Labute approximate surface area is 83.9 Å². The summed E-state index contributed by atoms with van der Waals surface area (Å²) in [5, 5.41) is 10.0. The molecule has 0 atom stereocenters. The van der Waals surface area contributed by atoms with E-state index in [1.165, 1.54) is 0 Å². The summed E-state index contributed by atoms with van der Waals surface area (Å²) in [7, 11) is 0. The van der Waals surface area contributed by atoms with Crippen LogP contribution in [0, 0.1) is 11.7 Å². The van der Waals surface area contributed by atoms with Gasteiger partial charge in [0.1, 0.15) is 0 Å². The average molecular weight is 212 g/mol. The number of nitrogen functional groups attached to an aromatic ring is 1. The predicted octanol–water partition coefficient (Wildman–Crippen LogP) is 0.263. The van der Waals surface area contributed by atoms with Crippen LogP contribution in [0.1, 0.15) is 11.7 Å². The summed E-state index contributed by atoms with van der Waals surface area (Å²) in [6.45, 7) is 2.08. The Morgan fingerprint density at radius 1 is 1.64 bits per heavy atom. The largest absolute Gasteiger partial charge is 0.368 e. The quantitative estimate of drug-likeness (QED) is 0.693. The number of rotatable bonds is 2. The highest BCUT2D eigenvalue weighted by atomic mass is 32.1. The third kappa shape index (κ3) is 1.51. The van der Waals surface area contributed by atoms with Gasteiger partial charge in [0, 0.05) is 6.92 Å². The molecule has 0 aliphatic heterocycles. The van der Waals surface area contributed by atoms with Crippen LogP contribution in [0.5, 0.6) is 0 Å². The number of hydrogen-bond acceptors (Lipinski definition) is 6. The summed E-state index contributed by atoms with van der Waals surface area (Å²) in [4.78, 5) is 4.03. The molecule has 2 aromatic heterocycles. The predicted molar refractivity (Wildman–Crippen MR) is 50.0 cm³/mol. The number of anilines is 1. The van der Waals surface area contributed by atoms with Crippen molar-refractivity contribution in [2.24, 2.45) is 0 Å². The first-order valence-electron chi connectivity index (χ1n) is 3.86. The van der Waals surface area contributed by atoms with E-state index in [1.54, 1.807) is 11.5 Å². The highest BCUT2D eigenvalue weighted by Crippen LogP contribution is 2.03. The van der Waals surface area contributed by atoms with E-state index in [0.29, 0.717) is 29.0 Å². The molecule has 74 valence electrons. The summed E-state index contributed by atoms with van der Waals surface area (Å²) in [6, 6.07) is 0. The molecule has 0 bridgehead atoms. The van der Waals surface area contributed by atoms with Crippen molar-refractivity contribution >= 4 is 18.2 Å². The number of aromatic nitrogens is 5. The van der Waals surface area contributed by atoms with Crippen LogP contribution in [0.2, 0.25) is 0 Å². The van der Waals surface area contributed by atoms with Gasteiger partial charge in [-0.05, 0) is 12.2 Å². The lowest BCUT2D eigenvalue weighted by Crippen LogP contribution is -2.06. The molecule has 0 saturated heterocycles. The summed E-state index contributed by atoms with van der Waals surface area (Å²) in [6.07, 6.45) is 0. The van der Waals surface area contributed by atoms with Crippen molar-refractivity contribution in [2.45, 2.75) is 13.5 Å². The minimum Gasteiger partial charge on any atom is -0.368 e. The lowest BCUT2D eigenvalue weighted by atomic mass is 10.6. The molecule has 2 rings (SSSR count). The van der Waals surface area contributed by atoms with Gasteiger partial charge in [-0.1, -0.05) is 5.16 Å². The van der Waals surface area contributed by atoms with Crippen LogP contribution in [-0.4, -0.2) is 24.9 Å². The number of nitrogens with one attached hydrogen (secondary N) is 1. The summed E-state index contributed by atoms with van der Waals surface area (Å²) in [5.74, 6) is 1.33. The molecule has 0 saturated carbocycles. The van der Waals surface area contributed by atoms with Crippen LogP contribution in [0.25, 0.3) is 0 Å². The van der Waals surface area contributed by atoms with Crippen molar-refractivity contribution < 1.29 is 4.52 Å². The molecule has 3 N–H and O–H groups in total. The molecular weight excluding hydrogens is 204 g/mol. The Balaban J connectivity index is 2.31. The molecule has 0 spiro atoms. The zero-order chi connectivity index (χ0) is 10.1. The number of aromatic amines is 1. The summed E-state index contributed by atoms with van der Waals surface area (Å²) < 4.78 is 6.83. The lowest BCUT2D eigenvalue weighted by Gasteiger charge is -1.97. The van der Waals surface area contributed by atoms with E-state index in [9.17, 15) is 0 Å². The van der Waals surface area contributed by atoms with Gasteiger partial charge in [-0.25, -0.2) is 5.10 Å². The Hall–Kier alpha value is -1.70. The zero-order valence-electron chi connectivity index (χ0n) is 7.39. The monoisotopic (exact) mass is 212 g/mol. The maximum absolute atomic E-state index is 5.56. The van der Waals surface area contributed by atoms with Gasteiger partial charge in [-0.15, -0.1) is 5.10 Å². The van der Waals surface area contributed by atoms with Crippen molar-refractivity contribution in [3.05, 3.63) is 16.5 Å². The molecule has 2 heterocycles. The van der Waals surface area contributed by atoms with Crippen LogP contribution >= 0.6 is 12.2 Å². The Morgan fingerprint density at radius 2 is 2.43 bits per heavy atom. The summed E-state index contributed by atoms with van der Waals surface area (Å²) >= 11 is 4.96.